The maximum Gasteiger partial charge on any atom is 0.306 e. The van der Waals surface area contributed by atoms with E-state index in [2.05, 4.69) is 17.0 Å². The summed E-state index contributed by atoms with van der Waals surface area (Å²) in [6.45, 7) is 4.04. The van der Waals surface area contributed by atoms with Gasteiger partial charge in [-0.2, -0.15) is 0 Å². The fourth-order valence-corrected chi connectivity index (χ4v) is 2.86. The molecule has 0 spiro atoms. The van der Waals surface area contributed by atoms with Gasteiger partial charge in [0.05, 0.1) is 13.5 Å². The molecule has 0 atom stereocenters. The Morgan fingerprint density at radius 3 is 1.57 bits per heavy atom. The van der Waals surface area contributed by atoms with Gasteiger partial charge in [0.25, 0.3) is 0 Å². The van der Waals surface area contributed by atoms with Gasteiger partial charge >= 0.3 is 5.97 Å². The van der Waals surface area contributed by atoms with Crippen LogP contribution in [0.15, 0.2) is 0 Å². The summed E-state index contributed by atoms with van der Waals surface area (Å²) < 4.78 is 4.60. The molecule has 3 nitrogen and oxygen atoms in total. The number of methoxy groups -OCH3 is 1. The second-order valence-corrected chi connectivity index (χ2v) is 6.67. The third-order valence-corrected chi connectivity index (χ3v) is 4.44. The van der Waals surface area contributed by atoms with Crippen molar-refractivity contribution in [1.82, 2.24) is 5.32 Å². The van der Waals surface area contributed by atoms with E-state index in [4.69, 9.17) is 0 Å². The molecule has 0 unspecified atom stereocenters. The number of ether oxygens (including phenoxy) is 1. The van der Waals surface area contributed by atoms with E-state index in [9.17, 15) is 4.79 Å². The number of hydrogen-bond donors (Lipinski definition) is 1. The maximum absolute atomic E-state index is 10.9. The van der Waals surface area contributed by atoms with Gasteiger partial charge < -0.3 is 10.1 Å². The van der Waals surface area contributed by atoms with Crippen LogP contribution in [0.4, 0.5) is 0 Å². The van der Waals surface area contributed by atoms with Crippen LogP contribution in [-0.4, -0.2) is 26.2 Å². The normalized spacial score (nSPS) is 10.9. The monoisotopic (exact) mass is 327 g/mol. The van der Waals surface area contributed by atoms with Gasteiger partial charge in [-0.25, -0.2) is 0 Å². The SMILES string of the molecule is CCCCCCCCCCCCCCCCNCCC(=O)OC. The van der Waals surface area contributed by atoms with Crippen LogP contribution in [0.5, 0.6) is 0 Å². The lowest BCUT2D eigenvalue weighted by Gasteiger charge is -2.04. The molecule has 0 amide bonds. The smallest absolute Gasteiger partial charge is 0.306 e. The standard InChI is InChI=1S/C20H41NO2/c1-3-4-5-6-7-8-9-10-11-12-13-14-15-16-18-21-19-17-20(22)23-2/h21H,3-19H2,1-2H3. The van der Waals surface area contributed by atoms with Gasteiger partial charge in [0.2, 0.25) is 0 Å². The zero-order valence-electron chi connectivity index (χ0n) is 15.8. The first-order chi connectivity index (χ1) is 11.3. The Morgan fingerprint density at radius 2 is 1.13 bits per heavy atom. The predicted molar refractivity (Wildman–Crippen MR) is 99.8 cm³/mol. The molecule has 3 heteroatoms. The number of hydrogen-bond acceptors (Lipinski definition) is 3. The van der Waals surface area contributed by atoms with E-state index >= 15 is 0 Å². The molecule has 0 aromatic heterocycles. The van der Waals surface area contributed by atoms with Crippen LogP contribution in [0.1, 0.15) is 103 Å². The second-order valence-electron chi connectivity index (χ2n) is 6.67. The van der Waals surface area contributed by atoms with E-state index < -0.39 is 0 Å². The summed E-state index contributed by atoms with van der Waals surface area (Å²) in [5.41, 5.74) is 0. The van der Waals surface area contributed by atoms with Crippen molar-refractivity contribution < 1.29 is 9.53 Å². The van der Waals surface area contributed by atoms with Gasteiger partial charge in [-0.05, 0) is 13.0 Å². The highest BCUT2D eigenvalue weighted by molar-refractivity contribution is 5.69. The Bertz CT molecular complexity index is 244. The van der Waals surface area contributed by atoms with E-state index in [1.54, 1.807) is 0 Å². The Hall–Kier alpha value is -0.570. The summed E-state index contributed by atoms with van der Waals surface area (Å²) in [6, 6.07) is 0. The lowest BCUT2D eigenvalue weighted by molar-refractivity contribution is -0.140. The number of carbonyl (C=O) groups excluding carboxylic acids is 1. The maximum atomic E-state index is 10.9. The molecule has 0 rings (SSSR count). The molecule has 0 aromatic rings. The summed E-state index contributed by atoms with van der Waals surface area (Å²) in [5.74, 6) is -0.126. The van der Waals surface area contributed by atoms with E-state index in [1.165, 1.54) is 97.0 Å². The summed E-state index contributed by atoms with van der Waals surface area (Å²) in [5, 5.41) is 3.29. The van der Waals surface area contributed by atoms with Crippen LogP contribution in [0.2, 0.25) is 0 Å². The molecule has 0 aliphatic heterocycles. The summed E-state index contributed by atoms with van der Waals surface area (Å²) in [6.07, 6.45) is 20.0. The molecule has 0 saturated carbocycles. The predicted octanol–water partition coefficient (Wildman–Crippen LogP) is 5.62. The molecule has 0 bridgehead atoms. The molecule has 0 aliphatic carbocycles. The van der Waals surface area contributed by atoms with E-state index in [0.29, 0.717) is 6.42 Å². The number of carbonyl (C=O) groups is 1. The summed E-state index contributed by atoms with van der Waals surface area (Å²) in [4.78, 5) is 10.9. The fraction of sp³-hybridized carbons (Fsp3) is 0.950. The molecule has 0 radical (unpaired) electrons. The van der Waals surface area contributed by atoms with Gasteiger partial charge in [0, 0.05) is 6.54 Å². The highest BCUT2D eigenvalue weighted by Gasteiger charge is 1.98. The quantitative estimate of drug-likeness (QED) is 0.262. The lowest BCUT2D eigenvalue weighted by atomic mass is 10.0. The Labute approximate surface area is 144 Å². The number of esters is 1. The van der Waals surface area contributed by atoms with Crippen molar-refractivity contribution in [3.8, 4) is 0 Å². The van der Waals surface area contributed by atoms with Crippen LogP contribution in [0.3, 0.4) is 0 Å². The molecule has 138 valence electrons. The minimum atomic E-state index is -0.126. The first kappa shape index (κ1) is 22.4. The van der Waals surface area contributed by atoms with Gasteiger partial charge in [0.1, 0.15) is 0 Å². The Morgan fingerprint density at radius 1 is 0.696 bits per heavy atom. The van der Waals surface area contributed by atoms with Crippen LogP contribution >= 0.6 is 0 Å². The molecule has 0 aromatic carbocycles. The topological polar surface area (TPSA) is 38.3 Å². The first-order valence-electron chi connectivity index (χ1n) is 10.1. The molecule has 0 heterocycles. The number of rotatable bonds is 18. The lowest BCUT2D eigenvalue weighted by Crippen LogP contribution is -2.19. The molecule has 1 N–H and O–H groups in total. The van der Waals surface area contributed by atoms with E-state index in [-0.39, 0.29) is 5.97 Å². The minimum absolute atomic E-state index is 0.126. The zero-order valence-corrected chi connectivity index (χ0v) is 15.8. The average molecular weight is 328 g/mol. The average Bonchev–Trinajstić information content (AvgIpc) is 2.57. The number of unbranched alkanes of at least 4 members (excludes halogenated alkanes) is 13. The summed E-state index contributed by atoms with van der Waals surface area (Å²) in [7, 11) is 1.44. The van der Waals surface area contributed by atoms with E-state index in [1.807, 2.05) is 0 Å². The van der Waals surface area contributed by atoms with Gasteiger partial charge in [-0.1, -0.05) is 90.4 Å². The third kappa shape index (κ3) is 19.4. The minimum Gasteiger partial charge on any atom is -0.469 e. The van der Waals surface area contributed by atoms with Crippen molar-refractivity contribution in [2.75, 3.05) is 20.2 Å². The highest BCUT2D eigenvalue weighted by Crippen LogP contribution is 2.12. The molecule has 23 heavy (non-hydrogen) atoms. The number of nitrogens with one attached hydrogen (secondary N) is 1. The Kier molecular flexibility index (Phi) is 19.0. The van der Waals surface area contributed by atoms with Gasteiger partial charge in [-0.3, -0.25) is 4.79 Å². The van der Waals surface area contributed by atoms with Crippen molar-refractivity contribution in [1.29, 1.82) is 0 Å². The van der Waals surface area contributed by atoms with Crippen molar-refractivity contribution in [3.05, 3.63) is 0 Å². The molecule has 0 saturated heterocycles. The third-order valence-electron chi connectivity index (χ3n) is 4.44. The summed E-state index contributed by atoms with van der Waals surface area (Å²) >= 11 is 0. The van der Waals surface area contributed by atoms with Gasteiger partial charge in [-0.15, -0.1) is 0 Å². The second kappa shape index (κ2) is 19.5. The highest BCUT2D eigenvalue weighted by atomic mass is 16.5. The first-order valence-corrected chi connectivity index (χ1v) is 10.1. The van der Waals surface area contributed by atoms with Crippen LogP contribution in [0, 0.1) is 0 Å². The van der Waals surface area contributed by atoms with Crippen LogP contribution in [-0.2, 0) is 9.53 Å². The van der Waals surface area contributed by atoms with Crippen molar-refractivity contribution in [2.24, 2.45) is 0 Å². The molecule has 0 aliphatic rings. The molecular weight excluding hydrogens is 286 g/mol. The van der Waals surface area contributed by atoms with Crippen molar-refractivity contribution in [2.45, 2.75) is 103 Å². The van der Waals surface area contributed by atoms with E-state index in [0.717, 1.165) is 13.1 Å². The van der Waals surface area contributed by atoms with Crippen molar-refractivity contribution in [3.63, 3.8) is 0 Å². The largest absolute Gasteiger partial charge is 0.469 e. The van der Waals surface area contributed by atoms with Crippen LogP contribution < -0.4 is 5.32 Å². The Balaban J connectivity index is 2.99. The molecule has 0 fully saturated rings. The fourth-order valence-electron chi connectivity index (χ4n) is 2.86. The van der Waals surface area contributed by atoms with Crippen molar-refractivity contribution >= 4 is 5.97 Å². The van der Waals surface area contributed by atoms with Crippen LogP contribution in [0.25, 0.3) is 0 Å². The van der Waals surface area contributed by atoms with Gasteiger partial charge in [0.15, 0.2) is 0 Å². The molecular formula is C20H41NO2. The zero-order chi connectivity index (χ0) is 17.0.